The van der Waals surface area contributed by atoms with E-state index in [1.165, 1.54) is 0 Å². The highest BCUT2D eigenvalue weighted by Crippen LogP contribution is 2.24. The van der Waals surface area contributed by atoms with Crippen LogP contribution in [0, 0.1) is 5.92 Å². The lowest BCUT2D eigenvalue weighted by atomic mass is 10.0. The van der Waals surface area contributed by atoms with Crippen LogP contribution in [0.4, 0.5) is 0 Å². The Bertz CT molecular complexity index is 424. The maximum absolute atomic E-state index is 12.0. The van der Waals surface area contributed by atoms with E-state index in [1.807, 2.05) is 31.2 Å². The van der Waals surface area contributed by atoms with Crippen LogP contribution < -0.4 is 4.74 Å². The molecule has 0 amide bonds. The van der Waals surface area contributed by atoms with E-state index in [9.17, 15) is 4.79 Å². The van der Waals surface area contributed by atoms with Crippen molar-refractivity contribution in [3.8, 4) is 5.75 Å². The average molecular weight is 264 g/mol. The molecule has 104 valence electrons. The van der Waals surface area contributed by atoms with Gasteiger partial charge in [-0.1, -0.05) is 12.1 Å². The van der Waals surface area contributed by atoms with Gasteiger partial charge in [-0.25, -0.2) is 0 Å². The lowest BCUT2D eigenvalue weighted by Gasteiger charge is -2.23. The summed E-state index contributed by atoms with van der Waals surface area (Å²) in [6.07, 6.45) is 1.50. The van der Waals surface area contributed by atoms with Crippen molar-refractivity contribution in [2.24, 2.45) is 5.92 Å². The molecule has 0 bridgehead atoms. The zero-order chi connectivity index (χ0) is 13.7. The molecule has 1 aromatic rings. The van der Waals surface area contributed by atoms with E-state index in [0.29, 0.717) is 6.61 Å². The molecule has 1 fully saturated rings. The minimum atomic E-state index is -0.274. The van der Waals surface area contributed by atoms with Gasteiger partial charge in [-0.3, -0.25) is 4.79 Å². The summed E-state index contributed by atoms with van der Waals surface area (Å²) in [4.78, 5) is 12.0. The summed E-state index contributed by atoms with van der Waals surface area (Å²) < 4.78 is 16.0. The minimum Gasteiger partial charge on any atom is -0.497 e. The van der Waals surface area contributed by atoms with Gasteiger partial charge in [0.1, 0.15) is 11.9 Å². The number of hydrogen-bond acceptors (Lipinski definition) is 4. The van der Waals surface area contributed by atoms with Crippen LogP contribution in [0.3, 0.4) is 0 Å². The predicted octanol–water partition coefficient (Wildman–Crippen LogP) is 2.73. The van der Waals surface area contributed by atoms with Crippen molar-refractivity contribution in [3.05, 3.63) is 29.8 Å². The van der Waals surface area contributed by atoms with Gasteiger partial charge >= 0.3 is 5.97 Å². The number of benzene rings is 1. The highest BCUT2D eigenvalue weighted by molar-refractivity contribution is 5.73. The maximum Gasteiger partial charge on any atom is 0.311 e. The first-order chi connectivity index (χ1) is 9.20. The van der Waals surface area contributed by atoms with Crippen molar-refractivity contribution in [1.29, 1.82) is 0 Å². The summed E-state index contributed by atoms with van der Waals surface area (Å²) in [5.74, 6) is 0.471. The Morgan fingerprint density at radius 3 is 3.00 bits per heavy atom. The van der Waals surface area contributed by atoms with Gasteiger partial charge in [-0.2, -0.15) is 0 Å². The monoisotopic (exact) mass is 264 g/mol. The lowest BCUT2D eigenvalue weighted by Crippen LogP contribution is -2.27. The van der Waals surface area contributed by atoms with Gasteiger partial charge in [0.25, 0.3) is 0 Å². The van der Waals surface area contributed by atoms with Crippen LogP contribution in [0.25, 0.3) is 0 Å². The zero-order valence-electron chi connectivity index (χ0n) is 11.4. The molecule has 1 aliphatic heterocycles. The normalized spacial score (nSPS) is 20.6. The number of methoxy groups -OCH3 is 1. The van der Waals surface area contributed by atoms with E-state index < -0.39 is 0 Å². The van der Waals surface area contributed by atoms with Gasteiger partial charge in [-0.15, -0.1) is 0 Å². The molecule has 0 N–H and O–H groups in total. The fraction of sp³-hybridized carbons (Fsp3) is 0.533. The van der Waals surface area contributed by atoms with Crippen molar-refractivity contribution >= 4 is 5.97 Å². The summed E-state index contributed by atoms with van der Waals surface area (Å²) in [7, 11) is 1.62. The summed E-state index contributed by atoms with van der Waals surface area (Å²) in [6.45, 7) is 3.09. The number of rotatable bonds is 4. The number of hydrogen-bond donors (Lipinski definition) is 0. The first-order valence-electron chi connectivity index (χ1n) is 6.63. The Labute approximate surface area is 113 Å². The molecule has 0 unspecified atom stereocenters. The van der Waals surface area contributed by atoms with E-state index in [-0.39, 0.29) is 18.0 Å². The first kappa shape index (κ1) is 13.9. The van der Waals surface area contributed by atoms with E-state index in [2.05, 4.69) is 0 Å². The van der Waals surface area contributed by atoms with E-state index >= 15 is 0 Å². The second kappa shape index (κ2) is 6.57. The molecular formula is C15H20O4. The van der Waals surface area contributed by atoms with Gasteiger partial charge in [0, 0.05) is 6.61 Å². The number of carbonyl (C=O) groups is 1. The fourth-order valence-electron chi connectivity index (χ4n) is 2.16. The summed E-state index contributed by atoms with van der Waals surface area (Å²) >= 11 is 0. The Morgan fingerprint density at radius 2 is 2.32 bits per heavy atom. The molecule has 1 saturated heterocycles. The third kappa shape index (κ3) is 3.70. The first-order valence-corrected chi connectivity index (χ1v) is 6.63. The van der Waals surface area contributed by atoms with Gasteiger partial charge in [0.2, 0.25) is 0 Å². The standard InChI is InChI=1S/C15H20O4/c1-11(12-5-3-7-14(9-12)17-2)19-15(16)13-6-4-8-18-10-13/h3,5,7,9,11,13H,4,6,8,10H2,1-2H3/t11-,13+/m1/s1. The highest BCUT2D eigenvalue weighted by Gasteiger charge is 2.25. The molecule has 1 heterocycles. The second-order valence-electron chi connectivity index (χ2n) is 4.77. The van der Waals surface area contributed by atoms with E-state index in [1.54, 1.807) is 7.11 Å². The van der Waals surface area contributed by atoms with Crippen molar-refractivity contribution in [1.82, 2.24) is 0 Å². The molecule has 1 aromatic carbocycles. The molecular weight excluding hydrogens is 244 g/mol. The molecule has 4 heteroatoms. The van der Waals surface area contributed by atoms with Crippen molar-refractivity contribution in [2.45, 2.75) is 25.9 Å². The fourth-order valence-corrected chi connectivity index (χ4v) is 2.16. The van der Waals surface area contributed by atoms with Crippen molar-refractivity contribution < 1.29 is 19.0 Å². The molecule has 1 aliphatic rings. The minimum absolute atomic E-state index is 0.123. The maximum atomic E-state index is 12.0. The number of esters is 1. The molecule has 0 spiro atoms. The molecule has 2 atom stereocenters. The third-order valence-electron chi connectivity index (χ3n) is 3.35. The number of carbonyl (C=O) groups excluding carboxylic acids is 1. The van der Waals surface area contributed by atoms with Crippen LogP contribution >= 0.6 is 0 Å². The second-order valence-corrected chi connectivity index (χ2v) is 4.77. The van der Waals surface area contributed by atoms with Gasteiger partial charge in [0.05, 0.1) is 19.6 Å². The summed E-state index contributed by atoms with van der Waals surface area (Å²) in [6, 6.07) is 7.57. The Morgan fingerprint density at radius 1 is 1.47 bits per heavy atom. The molecule has 4 nitrogen and oxygen atoms in total. The highest BCUT2D eigenvalue weighted by atomic mass is 16.5. The quantitative estimate of drug-likeness (QED) is 0.784. The largest absolute Gasteiger partial charge is 0.497 e. The van der Waals surface area contributed by atoms with Crippen LogP contribution in [0.2, 0.25) is 0 Å². The van der Waals surface area contributed by atoms with Crippen LogP contribution in [0.5, 0.6) is 5.75 Å². The Balaban J connectivity index is 1.95. The third-order valence-corrected chi connectivity index (χ3v) is 3.35. The Kier molecular flexibility index (Phi) is 4.80. The van der Waals surface area contributed by atoms with E-state index in [4.69, 9.17) is 14.2 Å². The Hall–Kier alpha value is -1.55. The van der Waals surface area contributed by atoms with Crippen LogP contribution in [-0.2, 0) is 14.3 Å². The van der Waals surface area contributed by atoms with Crippen LogP contribution in [-0.4, -0.2) is 26.3 Å². The van der Waals surface area contributed by atoms with Gasteiger partial charge < -0.3 is 14.2 Å². The molecule has 0 radical (unpaired) electrons. The molecule has 2 rings (SSSR count). The van der Waals surface area contributed by atoms with Crippen LogP contribution in [0.15, 0.2) is 24.3 Å². The lowest BCUT2D eigenvalue weighted by molar-refractivity contribution is -0.158. The molecule has 0 aliphatic carbocycles. The smallest absolute Gasteiger partial charge is 0.311 e. The number of ether oxygens (including phenoxy) is 3. The van der Waals surface area contributed by atoms with Gasteiger partial charge in [0.15, 0.2) is 0 Å². The topological polar surface area (TPSA) is 44.8 Å². The van der Waals surface area contributed by atoms with Gasteiger partial charge in [-0.05, 0) is 37.5 Å². The molecule has 0 saturated carbocycles. The van der Waals surface area contributed by atoms with Crippen molar-refractivity contribution in [2.75, 3.05) is 20.3 Å². The average Bonchev–Trinajstić information content (AvgIpc) is 2.48. The van der Waals surface area contributed by atoms with Crippen molar-refractivity contribution in [3.63, 3.8) is 0 Å². The van der Waals surface area contributed by atoms with Crippen LogP contribution in [0.1, 0.15) is 31.4 Å². The SMILES string of the molecule is COc1cccc([C@@H](C)OC(=O)[C@H]2CCCOC2)c1. The molecule has 19 heavy (non-hydrogen) atoms. The van der Waals surface area contributed by atoms with E-state index in [0.717, 1.165) is 30.8 Å². The zero-order valence-corrected chi connectivity index (χ0v) is 11.4. The predicted molar refractivity (Wildman–Crippen MR) is 71.0 cm³/mol. The summed E-state index contributed by atoms with van der Waals surface area (Å²) in [5.41, 5.74) is 0.935. The molecule has 0 aromatic heterocycles. The summed E-state index contributed by atoms with van der Waals surface area (Å²) in [5, 5.41) is 0.